The molecule has 1 fully saturated rings. The second-order valence-electron chi connectivity index (χ2n) is 8.09. The van der Waals surface area contributed by atoms with Crippen LogP contribution in [0.4, 0.5) is 0 Å². The van der Waals surface area contributed by atoms with E-state index < -0.39 is 0 Å². The van der Waals surface area contributed by atoms with Crippen LogP contribution in [0.25, 0.3) is 0 Å². The first kappa shape index (κ1) is 19.1. The summed E-state index contributed by atoms with van der Waals surface area (Å²) in [5.41, 5.74) is 2.10. The molecule has 0 N–H and O–H groups in total. The molecule has 3 rings (SSSR count). The molecule has 2 amide bonds. The number of benzene rings is 1. The van der Waals surface area contributed by atoms with Crippen molar-refractivity contribution >= 4 is 11.8 Å². The van der Waals surface area contributed by atoms with Crippen LogP contribution in [-0.2, 0) is 12.5 Å². The predicted molar refractivity (Wildman–Crippen MR) is 105 cm³/mol. The van der Waals surface area contributed by atoms with E-state index in [1.165, 1.54) is 0 Å². The quantitative estimate of drug-likeness (QED) is 0.819. The molecule has 0 saturated carbocycles. The van der Waals surface area contributed by atoms with E-state index in [1.807, 2.05) is 53.2 Å². The van der Waals surface area contributed by atoms with Gasteiger partial charge in [0.25, 0.3) is 11.8 Å². The highest BCUT2D eigenvalue weighted by Gasteiger charge is 2.27. The molecule has 2 heterocycles. The molecule has 0 spiro atoms. The molecule has 0 bridgehead atoms. The third-order valence-electron chi connectivity index (χ3n) is 4.96. The molecule has 6 nitrogen and oxygen atoms in total. The van der Waals surface area contributed by atoms with E-state index in [2.05, 4.69) is 25.9 Å². The number of hydrogen-bond acceptors (Lipinski definition) is 3. The Kier molecular flexibility index (Phi) is 5.35. The van der Waals surface area contributed by atoms with Gasteiger partial charge in [-0.1, -0.05) is 39.0 Å². The first-order valence-corrected chi connectivity index (χ1v) is 9.45. The number of hydrogen-bond donors (Lipinski definition) is 0. The van der Waals surface area contributed by atoms with Gasteiger partial charge < -0.3 is 9.80 Å². The molecule has 1 aliphatic heterocycles. The van der Waals surface area contributed by atoms with Gasteiger partial charge in [-0.15, -0.1) is 0 Å². The number of nitrogens with zero attached hydrogens (tertiary/aromatic N) is 4. The third kappa shape index (κ3) is 4.21. The van der Waals surface area contributed by atoms with Gasteiger partial charge in [0.05, 0.1) is 5.69 Å². The van der Waals surface area contributed by atoms with Gasteiger partial charge in [0.1, 0.15) is 5.69 Å². The second kappa shape index (κ2) is 7.55. The van der Waals surface area contributed by atoms with Crippen molar-refractivity contribution in [2.24, 2.45) is 7.05 Å². The zero-order valence-corrected chi connectivity index (χ0v) is 16.6. The van der Waals surface area contributed by atoms with Crippen LogP contribution in [0.15, 0.2) is 36.4 Å². The minimum atomic E-state index is -0.103. The van der Waals surface area contributed by atoms with Crippen LogP contribution in [0, 0.1) is 0 Å². The summed E-state index contributed by atoms with van der Waals surface area (Å²) in [6, 6.07) is 11.2. The molecule has 144 valence electrons. The van der Waals surface area contributed by atoms with Gasteiger partial charge >= 0.3 is 0 Å². The van der Waals surface area contributed by atoms with Gasteiger partial charge in [0, 0.05) is 44.2 Å². The predicted octanol–water partition coefficient (Wildman–Crippen LogP) is 2.71. The summed E-state index contributed by atoms with van der Waals surface area (Å²) in [7, 11) is 1.81. The number of carbonyl (C=O) groups is 2. The van der Waals surface area contributed by atoms with Gasteiger partial charge in [-0.2, -0.15) is 5.10 Å². The minimum absolute atomic E-state index is 0.0190. The van der Waals surface area contributed by atoms with Crippen molar-refractivity contribution in [3.63, 3.8) is 0 Å². The molecule has 1 aromatic heterocycles. The lowest BCUT2D eigenvalue weighted by Gasteiger charge is -2.22. The molecular formula is C21H28N4O2. The number of aromatic nitrogens is 2. The highest BCUT2D eigenvalue weighted by molar-refractivity contribution is 5.95. The second-order valence-corrected chi connectivity index (χ2v) is 8.09. The van der Waals surface area contributed by atoms with E-state index in [0.29, 0.717) is 37.4 Å². The summed E-state index contributed by atoms with van der Waals surface area (Å²) in [5, 5.41) is 4.51. The topological polar surface area (TPSA) is 58.4 Å². The lowest BCUT2D eigenvalue weighted by Crippen LogP contribution is -2.38. The van der Waals surface area contributed by atoms with Gasteiger partial charge in [-0.05, 0) is 24.6 Å². The zero-order valence-electron chi connectivity index (χ0n) is 16.6. The average Bonchev–Trinajstić information content (AvgIpc) is 2.88. The van der Waals surface area contributed by atoms with Crippen molar-refractivity contribution in [1.29, 1.82) is 0 Å². The highest BCUT2D eigenvalue weighted by atomic mass is 16.2. The third-order valence-corrected chi connectivity index (χ3v) is 4.96. The van der Waals surface area contributed by atoms with E-state index in [9.17, 15) is 9.59 Å². The standard InChI is InChI=1S/C21H28N4O2/c1-21(2,3)18-15-17(23(4)22-18)20(27)25-12-8-11-24(13-14-25)19(26)16-9-6-5-7-10-16/h5-7,9-10,15H,8,11-14H2,1-4H3. The van der Waals surface area contributed by atoms with E-state index in [0.717, 1.165) is 12.1 Å². The van der Waals surface area contributed by atoms with Gasteiger partial charge in [-0.25, -0.2) is 0 Å². The molecule has 1 saturated heterocycles. The van der Waals surface area contributed by atoms with Crippen LogP contribution in [0.3, 0.4) is 0 Å². The minimum Gasteiger partial charge on any atom is -0.337 e. The summed E-state index contributed by atoms with van der Waals surface area (Å²) in [4.78, 5) is 29.4. The fourth-order valence-corrected chi connectivity index (χ4v) is 3.28. The van der Waals surface area contributed by atoms with E-state index in [1.54, 1.807) is 4.68 Å². The number of aryl methyl sites for hydroxylation is 1. The van der Waals surface area contributed by atoms with Crippen molar-refractivity contribution in [1.82, 2.24) is 19.6 Å². The van der Waals surface area contributed by atoms with Gasteiger partial charge in [-0.3, -0.25) is 14.3 Å². The van der Waals surface area contributed by atoms with Crippen LogP contribution in [0.5, 0.6) is 0 Å². The van der Waals surface area contributed by atoms with E-state index in [-0.39, 0.29) is 17.2 Å². The Morgan fingerprint density at radius 3 is 2.07 bits per heavy atom. The van der Waals surface area contributed by atoms with Crippen LogP contribution >= 0.6 is 0 Å². The summed E-state index contributed by atoms with van der Waals surface area (Å²) in [5.74, 6) is 0.00922. The summed E-state index contributed by atoms with van der Waals surface area (Å²) in [6.07, 6.45) is 0.772. The molecule has 0 unspecified atom stereocenters. The molecule has 1 aliphatic rings. The van der Waals surface area contributed by atoms with Crippen molar-refractivity contribution in [2.75, 3.05) is 26.2 Å². The van der Waals surface area contributed by atoms with Gasteiger partial charge in [0.2, 0.25) is 0 Å². The van der Waals surface area contributed by atoms with Crippen molar-refractivity contribution in [3.8, 4) is 0 Å². The number of amides is 2. The first-order chi connectivity index (χ1) is 12.8. The van der Waals surface area contributed by atoms with E-state index in [4.69, 9.17) is 0 Å². The normalized spacial score (nSPS) is 15.6. The van der Waals surface area contributed by atoms with E-state index >= 15 is 0 Å². The van der Waals surface area contributed by atoms with Crippen molar-refractivity contribution in [2.45, 2.75) is 32.6 Å². The van der Waals surface area contributed by atoms with Crippen LogP contribution < -0.4 is 0 Å². The molecule has 2 aromatic rings. The Hall–Kier alpha value is -2.63. The Labute approximate surface area is 160 Å². The largest absolute Gasteiger partial charge is 0.337 e. The smallest absolute Gasteiger partial charge is 0.272 e. The number of carbonyl (C=O) groups excluding carboxylic acids is 2. The molecule has 1 aromatic carbocycles. The molecule has 27 heavy (non-hydrogen) atoms. The summed E-state index contributed by atoms with van der Waals surface area (Å²) >= 11 is 0. The summed E-state index contributed by atoms with van der Waals surface area (Å²) < 4.78 is 1.67. The maximum absolute atomic E-state index is 13.0. The van der Waals surface area contributed by atoms with Gasteiger partial charge in [0.15, 0.2) is 0 Å². The fourth-order valence-electron chi connectivity index (χ4n) is 3.28. The fraction of sp³-hybridized carbons (Fsp3) is 0.476. The Morgan fingerprint density at radius 2 is 1.52 bits per heavy atom. The monoisotopic (exact) mass is 368 g/mol. The maximum Gasteiger partial charge on any atom is 0.272 e. The molecule has 6 heteroatoms. The summed E-state index contributed by atoms with van der Waals surface area (Å²) in [6.45, 7) is 8.65. The van der Waals surface area contributed by atoms with Crippen molar-refractivity contribution < 1.29 is 9.59 Å². The van der Waals surface area contributed by atoms with Crippen LogP contribution in [-0.4, -0.2) is 57.6 Å². The lowest BCUT2D eigenvalue weighted by atomic mass is 9.92. The number of rotatable bonds is 2. The van der Waals surface area contributed by atoms with Crippen LogP contribution in [0.1, 0.15) is 53.7 Å². The first-order valence-electron chi connectivity index (χ1n) is 9.45. The van der Waals surface area contributed by atoms with Crippen LogP contribution in [0.2, 0.25) is 0 Å². The Bertz CT molecular complexity index is 820. The highest BCUT2D eigenvalue weighted by Crippen LogP contribution is 2.22. The van der Waals surface area contributed by atoms with Crippen molar-refractivity contribution in [3.05, 3.63) is 53.3 Å². The molecule has 0 atom stereocenters. The Balaban J connectivity index is 1.70. The molecule has 0 aliphatic carbocycles. The average molecular weight is 368 g/mol. The zero-order chi connectivity index (χ0) is 19.6. The lowest BCUT2D eigenvalue weighted by molar-refractivity contribution is 0.0712. The Morgan fingerprint density at radius 1 is 0.926 bits per heavy atom. The SMILES string of the molecule is Cn1nc(C(C)(C)C)cc1C(=O)N1CCCN(C(=O)c2ccccc2)CC1. The molecule has 0 radical (unpaired) electrons. The molecular weight excluding hydrogens is 340 g/mol. The maximum atomic E-state index is 13.0.